The SMILES string of the molecule is CC(C)(C)N(C(=O)O)c1ccc(F)cc1Nc1ncc([N+](=O)[O-])c(NC2CCOCC2)n1. The van der Waals surface area contributed by atoms with Crippen molar-refractivity contribution in [2.24, 2.45) is 0 Å². The first-order valence-electron chi connectivity index (χ1n) is 10.0. The van der Waals surface area contributed by atoms with Crippen molar-refractivity contribution < 1.29 is 24.0 Å². The van der Waals surface area contributed by atoms with Gasteiger partial charge in [-0.15, -0.1) is 0 Å². The van der Waals surface area contributed by atoms with E-state index in [1.54, 1.807) is 20.8 Å². The molecule has 2 heterocycles. The molecule has 1 aliphatic rings. The van der Waals surface area contributed by atoms with Crippen LogP contribution in [0.3, 0.4) is 0 Å². The van der Waals surface area contributed by atoms with E-state index in [0.29, 0.717) is 26.1 Å². The number of benzene rings is 1. The first-order valence-corrected chi connectivity index (χ1v) is 10.0. The summed E-state index contributed by atoms with van der Waals surface area (Å²) in [7, 11) is 0. The van der Waals surface area contributed by atoms with Crippen LogP contribution in [0.15, 0.2) is 24.4 Å². The summed E-state index contributed by atoms with van der Waals surface area (Å²) in [5.74, 6) is -0.627. The molecule has 2 aromatic rings. The van der Waals surface area contributed by atoms with E-state index in [0.717, 1.165) is 23.2 Å². The highest BCUT2D eigenvalue weighted by atomic mass is 19.1. The van der Waals surface area contributed by atoms with E-state index < -0.39 is 22.4 Å². The molecule has 12 heteroatoms. The minimum Gasteiger partial charge on any atom is -0.465 e. The fraction of sp³-hybridized carbons (Fsp3) is 0.450. The molecule has 0 spiro atoms. The molecule has 172 valence electrons. The normalized spacial score (nSPS) is 14.6. The van der Waals surface area contributed by atoms with Gasteiger partial charge in [0.15, 0.2) is 0 Å². The zero-order valence-corrected chi connectivity index (χ0v) is 18.0. The van der Waals surface area contributed by atoms with Crippen LogP contribution >= 0.6 is 0 Å². The van der Waals surface area contributed by atoms with Gasteiger partial charge in [0.25, 0.3) is 0 Å². The van der Waals surface area contributed by atoms with E-state index in [4.69, 9.17) is 4.74 Å². The summed E-state index contributed by atoms with van der Waals surface area (Å²) in [6, 6.07) is 3.55. The number of rotatable bonds is 6. The Morgan fingerprint density at radius 2 is 2.03 bits per heavy atom. The van der Waals surface area contributed by atoms with Gasteiger partial charge in [0.1, 0.15) is 12.0 Å². The fourth-order valence-corrected chi connectivity index (χ4v) is 3.39. The third kappa shape index (κ3) is 5.38. The number of halogens is 1. The van der Waals surface area contributed by atoms with Crippen LogP contribution in [-0.2, 0) is 4.74 Å². The molecule has 0 saturated carbocycles. The molecule has 1 aromatic heterocycles. The number of carboxylic acid groups (broad SMARTS) is 1. The van der Waals surface area contributed by atoms with Gasteiger partial charge in [-0.25, -0.2) is 14.2 Å². The minimum atomic E-state index is -1.22. The number of hydrogen-bond donors (Lipinski definition) is 3. The standard InChI is InChI=1S/C20H25FN6O5/c1-20(2,3)26(19(28)29)15-5-4-12(21)10-14(15)24-18-22-11-16(27(30)31)17(25-18)23-13-6-8-32-9-7-13/h4-5,10-11,13H,6-9H2,1-3H3,(H,28,29)(H2,22,23,24,25). The van der Waals surface area contributed by atoms with Crippen molar-refractivity contribution in [2.45, 2.75) is 45.2 Å². The zero-order valence-electron chi connectivity index (χ0n) is 18.0. The Morgan fingerprint density at radius 3 is 2.62 bits per heavy atom. The first kappa shape index (κ1) is 23.1. The van der Waals surface area contributed by atoms with E-state index in [-0.39, 0.29) is 34.9 Å². The number of aromatic nitrogens is 2. The highest BCUT2D eigenvalue weighted by Gasteiger charge is 2.30. The second kappa shape index (κ2) is 9.30. The molecule has 0 bridgehead atoms. The maximum atomic E-state index is 14.0. The topological polar surface area (TPSA) is 143 Å². The summed E-state index contributed by atoms with van der Waals surface area (Å²) in [4.78, 5) is 32.0. The van der Waals surface area contributed by atoms with Gasteiger partial charge in [-0.2, -0.15) is 4.98 Å². The molecular weight excluding hydrogens is 423 g/mol. The summed E-state index contributed by atoms with van der Waals surface area (Å²) < 4.78 is 19.3. The molecule has 0 aliphatic carbocycles. The van der Waals surface area contributed by atoms with Crippen LogP contribution in [0.4, 0.5) is 38.0 Å². The lowest BCUT2D eigenvalue weighted by atomic mass is 10.0. The highest BCUT2D eigenvalue weighted by molar-refractivity contribution is 5.93. The van der Waals surface area contributed by atoms with Crippen molar-refractivity contribution in [1.82, 2.24) is 9.97 Å². The van der Waals surface area contributed by atoms with Gasteiger partial charge < -0.3 is 20.5 Å². The maximum absolute atomic E-state index is 14.0. The molecule has 1 amide bonds. The number of anilines is 4. The van der Waals surface area contributed by atoms with E-state index in [1.165, 1.54) is 6.07 Å². The third-order valence-electron chi connectivity index (χ3n) is 4.84. The van der Waals surface area contributed by atoms with Crippen LogP contribution in [0.25, 0.3) is 0 Å². The van der Waals surface area contributed by atoms with Crippen LogP contribution in [0.1, 0.15) is 33.6 Å². The lowest BCUT2D eigenvalue weighted by Gasteiger charge is -2.34. The summed E-state index contributed by atoms with van der Waals surface area (Å²) in [5, 5.41) is 27.0. The molecule has 3 N–H and O–H groups in total. The van der Waals surface area contributed by atoms with E-state index >= 15 is 0 Å². The average molecular weight is 448 g/mol. The Bertz CT molecular complexity index is 1010. The minimum absolute atomic E-state index is 0.0169. The summed E-state index contributed by atoms with van der Waals surface area (Å²) in [6.45, 7) is 6.17. The van der Waals surface area contributed by atoms with Crippen LogP contribution in [0, 0.1) is 15.9 Å². The number of nitrogens with zero attached hydrogens (tertiary/aromatic N) is 4. The molecule has 0 unspecified atom stereocenters. The summed E-state index contributed by atoms with van der Waals surface area (Å²) in [5.41, 5.74) is -0.838. The van der Waals surface area contributed by atoms with Crippen molar-refractivity contribution in [3.05, 3.63) is 40.3 Å². The van der Waals surface area contributed by atoms with Crippen molar-refractivity contribution >= 4 is 34.9 Å². The zero-order chi connectivity index (χ0) is 23.5. The molecule has 0 atom stereocenters. The number of amides is 1. The maximum Gasteiger partial charge on any atom is 0.412 e. The summed E-state index contributed by atoms with van der Waals surface area (Å²) >= 11 is 0. The van der Waals surface area contributed by atoms with Crippen molar-refractivity contribution in [1.29, 1.82) is 0 Å². The van der Waals surface area contributed by atoms with Gasteiger partial charge in [-0.1, -0.05) is 0 Å². The number of nitrogens with one attached hydrogen (secondary N) is 2. The number of carbonyl (C=O) groups is 1. The van der Waals surface area contributed by atoms with Crippen LogP contribution < -0.4 is 15.5 Å². The Hall–Kier alpha value is -3.54. The second-order valence-corrected chi connectivity index (χ2v) is 8.29. The van der Waals surface area contributed by atoms with Crippen LogP contribution in [-0.4, -0.2) is 50.9 Å². The van der Waals surface area contributed by atoms with E-state index in [2.05, 4.69) is 20.6 Å². The van der Waals surface area contributed by atoms with Crippen molar-refractivity contribution in [3.8, 4) is 0 Å². The third-order valence-corrected chi connectivity index (χ3v) is 4.84. The molecule has 32 heavy (non-hydrogen) atoms. The van der Waals surface area contributed by atoms with Crippen LogP contribution in [0.2, 0.25) is 0 Å². The molecule has 3 rings (SSSR count). The number of nitro groups is 1. The van der Waals surface area contributed by atoms with Crippen molar-refractivity contribution in [3.63, 3.8) is 0 Å². The predicted molar refractivity (Wildman–Crippen MR) is 116 cm³/mol. The van der Waals surface area contributed by atoms with Crippen molar-refractivity contribution in [2.75, 3.05) is 28.7 Å². The number of ether oxygens (including phenoxy) is 1. The van der Waals surface area contributed by atoms with Gasteiger partial charge in [0.05, 0.1) is 16.3 Å². The fourth-order valence-electron chi connectivity index (χ4n) is 3.39. The van der Waals surface area contributed by atoms with Gasteiger partial charge >= 0.3 is 11.8 Å². The molecule has 11 nitrogen and oxygen atoms in total. The second-order valence-electron chi connectivity index (χ2n) is 8.29. The first-order chi connectivity index (χ1) is 15.1. The Morgan fingerprint density at radius 1 is 1.34 bits per heavy atom. The largest absolute Gasteiger partial charge is 0.465 e. The van der Waals surface area contributed by atoms with Gasteiger partial charge in [-0.3, -0.25) is 15.0 Å². The van der Waals surface area contributed by atoms with E-state index in [9.17, 15) is 24.4 Å². The summed E-state index contributed by atoms with van der Waals surface area (Å²) in [6.07, 6.45) is 1.15. The monoisotopic (exact) mass is 448 g/mol. The van der Waals surface area contributed by atoms with Crippen LogP contribution in [0.5, 0.6) is 0 Å². The molecular formula is C20H25FN6O5. The van der Waals surface area contributed by atoms with Gasteiger partial charge in [0.2, 0.25) is 11.8 Å². The van der Waals surface area contributed by atoms with Gasteiger partial charge in [-0.05, 0) is 51.8 Å². The smallest absolute Gasteiger partial charge is 0.412 e. The Balaban J connectivity index is 1.98. The molecule has 1 aromatic carbocycles. The molecule has 1 saturated heterocycles. The Kier molecular flexibility index (Phi) is 6.72. The molecule has 1 fully saturated rings. The predicted octanol–water partition coefficient (Wildman–Crippen LogP) is 4.14. The van der Waals surface area contributed by atoms with Gasteiger partial charge in [0, 0.05) is 24.8 Å². The quantitative estimate of drug-likeness (QED) is 0.439. The highest BCUT2D eigenvalue weighted by Crippen LogP contribution is 2.34. The Labute approximate surface area is 183 Å². The van der Waals surface area contributed by atoms with E-state index in [1.807, 2.05) is 0 Å². The lowest BCUT2D eigenvalue weighted by Crippen LogP contribution is -2.45. The average Bonchev–Trinajstić information content (AvgIpc) is 2.69. The lowest BCUT2D eigenvalue weighted by molar-refractivity contribution is -0.384. The number of hydrogen-bond acceptors (Lipinski definition) is 8. The molecule has 1 aliphatic heterocycles. The molecule has 0 radical (unpaired) electrons.